The molecule has 1 aromatic rings. The molecule has 0 saturated heterocycles. The van der Waals surface area contributed by atoms with E-state index in [1.54, 1.807) is 20.8 Å². The molecular formula is C15H23NO4. The topological polar surface area (TPSA) is 68.5 Å². The van der Waals surface area contributed by atoms with Crippen LogP contribution in [0.3, 0.4) is 0 Å². The highest BCUT2D eigenvalue weighted by Crippen LogP contribution is 2.21. The Kier molecular flexibility index (Phi) is 5.80. The Morgan fingerprint density at radius 3 is 2.40 bits per heavy atom. The lowest BCUT2D eigenvalue weighted by atomic mass is 10.1. The highest BCUT2D eigenvalue weighted by molar-refractivity contribution is 5.93. The van der Waals surface area contributed by atoms with Crippen molar-refractivity contribution in [3.05, 3.63) is 22.6 Å². The molecule has 1 aromatic heterocycles. The number of rotatable bonds is 6. The van der Waals surface area contributed by atoms with Crippen LogP contribution in [0, 0.1) is 20.8 Å². The largest absolute Gasteiger partial charge is 0.465 e. The van der Waals surface area contributed by atoms with Crippen LogP contribution in [-0.2, 0) is 9.53 Å². The van der Waals surface area contributed by atoms with Crippen molar-refractivity contribution in [3.63, 3.8) is 0 Å². The molecule has 1 atom stereocenters. The Labute approximate surface area is 119 Å². The van der Waals surface area contributed by atoms with E-state index < -0.39 is 5.97 Å². The number of aryl methyl sites for hydroxylation is 2. The lowest BCUT2D eigenvalue weighted by molar-refractivity contribution is -0.124. The molecule has 1 N–H and O–H groups in total. The summed E-state index contributed by atoms with van der Waals surface area (Å²) in [6.07, 6.45) is 1.90. The van der Waals surface area contributed by atoms with Crippen LogP contribution < -0.4 is 5.32 Å². The van der Waals surface area contributed by atoms with E-state index in [1.807, 2.05) is 6.92 Å². The summed E-state index contributed by atoms with van der Waals surface area (Å²) in [6, 6.07) is 0.0887. The minimum Gasteiger partial charge on any atom is -0.465 e. The highest BCUT2D eigenvalue weighted by atomic mass is 16.5. The highest BCUT2D eigenvalue weighted by Gasteiger charge is 2.20. The van der Waals surface area contributed by atoms with E-state index in [0.717, 1.165) is 18.4 Å². The molecule has 0 saturated carbocycles. The summed E-state index contributed by atoms with van der Waals surface area (Å²) in [6.45, 7) is 9.01. The van der Waals surface area contributed by atoms with Crippen molar-refractivity contribution in [2.24, 2.45) is 0 Å². The van der Waals surface area contributed by atoms with Gasteiger partial charge in [-0.15, -0.1) is 0 Å². The molecule has 5 heteroatoms. The summed E-state index contributed by atoms with van der Waals surface area (Å²) < 4.78 is 10.4. The quantitative estimate of drug-likeness (QED) is 0.814. The first-order chi connectivity index (χ1) is 9.36. The standard InChI is InChI=1S/C15H23NO4/c1-6-7-9(2)16-13(17)8-19-15(18)14-10(3)11(4)20-12(14)5/h9H,6-8H2,1-5H3,(H,16,17). The minimum absolute atomic E-state index is 0.0887. The molecule has 0 radical (unpaired) electrons. The number of hydrogen-bond donors (Lipinski definition) is 1. The molecule has 0 aliphatic carbocycles. The third-order valence-corrected chi connectivity index (χ3v) is 3.23. The van der Waals surface area contributed by atoms with Crippen LogP contribution in [0.25, 0.3) is 0 Å². The van der Waals surface area contributed by atoms with Crippen LogP contribution in [0.15, 0.2) is 4.42 Å². The van der Waals surface area contributed by atoms with Gasteiger partial charge in [0.2, 0.25) is 0 Å². The predicted octanol–water partition coefficient (Wildman–Crippen LogP) is 2.67. The van der Waals surface area contributed by atoms with Crippen LogP contribution in [0.2, 0.25) is 0 Å². The van der Waals surface area contributed by atoms with Crippen molar-refractivity contribution in [2.45, 2.75) is 53.5 Å². The van der Waals surface area contributed by atoms with Gasteiger partial charge in [0.25, 0.3) is 5.91 Å². The van der Waals surface area contributed by atoms with Crippen molar-refractivity contribution in [2.75, 3.05) is 6.61 Å². The Hall–Kier alpha value is -1.78. The van der Waals surface area contributed by atoms with Crippen LogP contribution >= 0.6 is 0 Å². The zero-order chi connectivity index (χ0) is 15.3. The number of esters is 1. The van der Waals surface area contributed by atoms with Crippen LogP contribution in [-0.4, -0.2) is 24.5 Å². The normalized spacial score (nSPS) is 12.1. The zero-order valence-corrected chi connectivity index (χ0v) is 12.8. The minimum atomic E-state index is -0.518. The van der Waals surface area contributed by atoms with Gasteiger partial charge in [-0.3, -0.25) is 4.79 Å². The Bertz CT molecular complexity index is 490. The number of nitrogens with one attached hydrogen (secondary N) is 1. The first-order valence-corrected chi connectivity index (χ1v) is 6.89. The predicted molar refractivity (Wildman–Crippen MR) is 75.7 cm³/mol. The van der Waals surface area contributed by atoms with Crippen LogP contribution in [0.4, 0.5) is 0 Å². The van der Waals surface area contributed by atoms with Crippen LogP contribution in [0.1, 0.15) is 54.1 Å². The molecule has 112 valence electrons. The van der Waals surface area contributed by atoms with E-state index >= 15 is 0 Å². The summed E-state index contributed by atoms with van der Waals surface area (Å²) in [5, 5.41) is 2.78. The van der Waals surface area contributed by atoms with E-state index in [2.05, 4.69) is 12.2 Å². The fourth-order valence-corrected chi connectivity index (χ4v) is 2.12. The third kappa shape index (κ3) is 4.11. The van der Waals surface area contributed by atoms with Crippen molar-refractivity contribution in [1.29, 1.82) is 0 Å². The molecule has 1 rings (SSSR count). The molecule has 0 spiro atoms. The smallest absolute Gasteiger partial charge is 0.342 e. The maximum Gasteiger partial charge on any atom is 0.342 e. The molecule has 0 aliphatic heterocycles. The van der Waals surface area contributed by atoms with Crippen molar-refractivity contribution < 1.29 is 18.7 Å². The molecule has 0 aliphatic rings. The van der Waals surface area contributed by atoms with Gasteiger partial charge in [0, 0.05) is 11.6 Å². The number of amides is 1. The fraction of sp³-hybridized carbons (Fsp3) is 0.600. The number of carbonyl (C=O) groups excluding carboxylic acids is 2. The molecule has 0 fully saturated rings. The first kappa shape index (κ1) is 16.3. The van der Waals surface area contributed by atoms with Gasteiger partial charge in [-0.25, -0.2) is 4.79 Å². The average molecular weight is 281 g/mol. The summed E-state index contributed by atoms with van der Waals surface area (Å²) >= 11 is 0. The third-order valence-electron chi connectivity index (χ3n) is 3.23. The summed E-state index contributed by atoms with van der Waals surface area (Å²) in [4.78, 5) is 23.6. The lowest BCUT2D eigenvalue weighted by Crippen LogP contribution is -2.35. The maximum atomic E-state index is 12.0. The Balaban J connectivity index is 2.53. The SMILES string of the molecule is CCCC(C)NC(=O)COC(=O)c1c(C)oc(C)c1C. The van der Waals surface area contributed by atoms with E-state index in [1.165, 1.54) is 0 Å². The van der Waals surface area contributed by atoms with Crippen LogP contribution in [0.5, 0.6) is 0 Å². The van der Waals surface area contributed by atoms with E-state index in [-0.39, 0.29) is 18.6 Å². The summed E-state index contributed by atoms with van der Waals surface area (Å²) in [5.41, 5.74) is 1.17. The van der Waals surface area contributed by atoms with Gasteiger partial charge in [-0.1, -0.05) is 13.3 Å². The van der Waals surface area contributed by atoms with Gasteiger partial charge < -0.3 is 14.5 Å². The molecule has 1 unspecified atom stereocenters. The second-order valence-electron chi connectivity index (χ2n) is 5.05. The molecule has 0 bridgehead atoms. The van der Waals surface area contributed by atoms with E-state index in [4.69, 9.17) is 9.15 Å². The van der Waals surface area contributed by atoms with Gasteiger partial charge in [-0.05, 0) is 34.1 Å². The summed E-state index contributed by atoms with van der Waals surface area (Å²) in [5.74, 6) is 0.408. The van der Waals surface area contributed by atoms with Crippen molar-refractivity contribution in [3.8, 4) is 0 Å². The molecule has 5 nitrogen and oxygen atoms in total. The second-order valence-corrected chi connectivity index (χ2v) is 5.05. The van der Waals surface area contributed by atoms with Crippen molar-refractivity contribution >= 4 is 11.9 Å². The van der Waals surface area contributed by atoms with Gasteiger partial charge in [0.05, 0.1) is 0 Å². The van der Waals surface area contributed by atoms with Gasteiger partial charge in [0.15, 0.2) is 6.61 Å². The number of hydrogen-bond acceptors (Lipinski definition) is 4. The number of furan rings is 1. The van der Waals surface area contributed by atoms with Gasteiger partial charge >= 0.3 is 5.97 Å². The van der Waals surface area contributed by atoms with Gasteiger partial charge in [0.1, 0.15) is 17.1 Å². The molecule has 0 aromatic carbocycles. The van der Waals surface area contributed by atoms with E-state index in [9.17, 15) is 9.59 Å². The second kappa shape index (κ2) is 7.12. The molecule has 1 heterocycles. The number of carbonyl (C=O) groups is 2. The van der Waals surface area contributed by atoms with Crippen molar-refractivity contribution in [1.82, 2.24) is 5.32 Å². The maximum absolute atomic E-state index is 12.0. The fourth-order valence-electron chi connectivity index (χ4n) is 2.12. The lowest BCUT2D eigenvalue weighted by Gasteiger charge is -2.12. The first-order valence-electron chi connectivity index (χ1n) is 6.89. The van der Waals surface area contributed by atoms with E-state index in [0.29, 0.717) is 17.1 Å². The number of ether oxygens (including phenoxy) is 1. The molecule has 20 heavy (non-hydrogen) atoms. The monoisotopic (exact) mass is 281 g/mol. The molecule has 1 amide bonds. The Morgan fingerprint density at radius 1 is 1.25 bits per heavy atom. The van der Waals surface area contributed by atoms with Gasteiger partial charge in [-0.2, -0.15) is 0 Å². The summed E-state index contributed by atoms with van der Waals surface area (Å²) in [7, 11) is 0. The zero-order valence-electron chi connectivity index (χ0n) is 12.8. The molecular weight excluding hydrogens is 258 g/mol. The Morgan fingerprint density at radius 2 is 1.90 bits per heavy atom. The average Bonchev–Trinajstić information content (AvgIpc) is 2.60.